The normalized spacial score (nSPS) is 24.1. The van der Waals surface area contributed by atoms with E-state index in [1.807, 2.05) is 44.2 Å². The van der Waals surface area contributed by atoms with Crippen molar-refractivity contribution in [1.82, 2.24) is 0 Å². The van der Waals surface area contributed by atoms with Crippen LogP contribution in [0.5, 0.6) is 0 Å². The Morgan fingerprint density at radius 3 is 2.69 bits per heavy atom. The maximum absolute atomic E-state index is 13.6. The molecule has 0 aliphatic heterocycles. The number of allylic oxidation sites excluding steroid dienone is 1. The van der Waals surface area contributed by atoms with Crippen LogP contribution < -0.4 is 0 Å². The molecule has 0 N–H and O–H groups in total. The van der Waals surface area contributed by atoms with Gasteiger partial charge < -0.3 is 0 Å². The molecule has 68 valence electrons. The van der Waals surface area contributed by atoms with Crippen LogP contribution in [0.2, 0.25) is 0 Å². The van der Waals surface area contributed by atoms with Gasteiger partial charge >= 0.3 is 0 Å². The lowest BCUT2D eigenvalue weighted by Gasteiger charge is -2.32. The van der Waals surface area contributed by atoms with Crippen LogP contribution in [0, 0.1) is 0 Å². The molecule has 0 nitrogen and oxygen atoms in total. The van der Waals surface area contributed by atoms with Crippen LogP contribution in [0.25, 0.3) is 6.08 Å². The van der Waals surface area contributed by atoms with Crippen molar-refractivity contribution < 1.29 is 4.39 Å². The summed E-state index contributed by atoms with van der Waals surface area (Å²) in [4.78, 5) is 0. The van der Waals surface area contributed by atoms with Crippen LogP contribution in [-0.4, -0.2) is 6.17 Å². The second-order valence-corrected chi connectivity index (χ2v) is 4.07. The van der Waals surface area contributed by atoms with Gasteiger partial charge in [-0.2, -0.15) is 0 Å². The summed E-state index contributed by atoms with van der Waals surface area (Å²) in [5.74, 6) is 0. The monoisotopic (exact) mass is 176 g/mol. The third-order valence-electron chi connectivity index (χ3n) is 2.79. The van der Waals surface area contributed by atoms with Gasteiger partial charge in [-0.05, 0) is 17.2 Å². The lowest BCUT2D eigenvalue weighted by atomic mass is 9.75. The van der Waals surface area contributed by atoms with Gasteiger partial charge in [-0.3, -0.25) is 0 Å². The highest BCUT2D eigenvalue weighted by Crippen LogP contribution is 2.36. The maximum atomic E-state index is 13.6. The van der Waals surface area contributed by atoms with Crippen molar-refractivity contribution in [3.63, 3.8) is 0 Å². The number of benzene rings is 1. The average molecular weight is 176 g/mol. The summed E-state index contributed by atoms with van der Waals surface area (Å²) in [6.07, 6.45) is 2.63. The van der Waals surface area contributed by atoms with Gasteiger partial charge in [0, 0.05) is 5.41 Å². The summed E-state index contributed by atoms with van der Waals surface area (Å²) < 4.78 is 13.6. The molecule has 1 aromatic carbocycles. The highest BCUT2D eigenvalue weighted by molar-refractivity contribution is 5.60. The van der Waals surface area contributed by atoms with E-state index in [1.54, 1.807) is 6.08 Å². The Balaban J connectivity index is 2.61. The quantitative estimate of drug-likeness (QED) is 0.568. The third-order valence-corrected chi connectivity index (χ3v) is 2.79. The van der Waals surface area contributed by atoms with Crippen LogP contribution >= 0.6 is 0 Å². The molecule has 0 saturated carbocycles. The van der Waals surface area contributed by atoms with Crippen molar-refractivity contribution in [2.45, 2.75) is 25.4 Å². The summed E-state index contributed by atoms with van der Waals surface area (Å²) >= 11 is 0. The molecule has 0 bridgehead atoms. The number of hydrogen-bond donors (Lipinski definition) is 0. The Kier molecular flexibility index (Phi) is 1.76. The number of hydrogen-bond acceptors (Lipinski definition) is 0. The molecule has 0 fully saturated rings. The van der Waals surface area contributed by atoms with Crippen LogP contribution in [-0.2, 0) is 5.41 Å². The molecule has 1 aromatic rings. The minimum absolute atomic E-state index is 0.384. The summed E-state index contributed by atoms with van der Waals surface area (Å²) in [7, 11) is 0. The van der Waals surface area contributed by atoms with Gasteiger partial charge in [0.05, 0.1) is 0 Å². The number of fused-ring (bicyclic) bond motifs is 1. The first-order valence-corrected chi connectivity index (χ1v) is 4.54. The number of rotatable bonds is 0. The Morgan fingerprint density at radius 1 is 1.23 bits per heavy atom. The summed E-state index contributed by atoms with van der Waals surface area (Å²) in [5, 5.41) is 0. The summed E-state index contributed by atoms with van der Waals surface area (Å²) in [6, 6.07) is 7.98. The van der Waals surface area contributed by atoms with E-state index < -0.39 is 6.17 Å². The van der Waals surface area contributed by atoms with Gasteiger partial charge in [-0.15, -0.1) is 0 Å². The lowest BCUT2D eigenvalue weighted by molar-refractivity contribution is 0.266. The molecule has 0 aromatic heterocycles. The molecule has 0 amide bonds. The van der Waals surface area contributed by atoms with E-state index in [1.165, 1.54) is 0 Å². The topological polar surface area (TPSA) is 0 Å². The standard InChI is InChI=1S/C12H13F/c1-12(2)10-6-4-3-5-9(10)7-8-11(12)13/h3-8,11H,1-2H3. The van der Waals surface area contributed by atoms with Gasteiger partial charge in [0.2, 0.25) is 0 Å². The minimum Gasteiger partial charge on any atom is -0.242 e. The molecule has 0 spiro atoms. The molecule has 1 aliphatic carbocycles. The molecular formula is C12H13F. The number of alkyl halides is 1. The zero-order chi connectivity index (χ0) is 9.47. The van der Waals surface area contributed by atoms with Crippen LogP contribution in [0.15, 0.2) is 30.3 Å². The molecular weight excluding hydrogens is 163 g/mol. The van der Waals surface area contributed by atoms with Gasteiger partial charge in [0.25, 0.3) is 0 Å². The van der Waals surface area contributed by atoms with Gasteiger partial charge in [-0.1, -0.05) is 44.2 Å². The first-order chi connectivity index (χ1) is 6.12. The van der Waals surface area contributed by atoms with E-state index in [2.05, 4.69) is 0 Å². The molecule has 0 heterocycles. The third kappa shape index (κ3) is 1.19. The maximum Gasteiger partial charge on any atom is 0.128 e. The molecule has 0 radical (unpaired) electrons. The molecule has 2 rings (SSSR count). The second kappa shape index (κ2) is 2.69. The first-order valence-electron chi connectivity index (χ1n) is 4.54. The smallest absolute Gasteiger partial charge is 0.128 e. The van der Waals surface area contributed by atoms with Crippen molar-refractivity contribution in [3.8, 4) is 0 Å². The van der Waals surface area contributed by atoms with E-state index in [4.69, 9.17) is 0 Å². The highest BCUT2D eigenvalue weighted by atomic mass is 19.1. The van der Waals surface area contributed by atoms with Crippen molar-refractivity contribution in [3.05, 3.63) is 41.5 Å². The van der Waals surface area contributed by atoms with E-state index in [0.29, 0.717) is 0 Å². The highest BCUT2D eigenvalue weighted by Gasteiger charge is 2.33. The van der Waals surface area contributed by atoms with E-state index >= 15 is 0 Å². The molecule has 0 saturated heterocycles. The van der Waals surface area contributed by atoms with Gasteiger partial charge in [-0.25, -0.2) is 4.39 Å². The molecule has 1 aliphatic rings. The molecule has 1 atom stereocenters. The predicted octanol–water partition coefficient (Wildman–Crippen LogP) is 3.33. The molecule has 13 heavy (non-hydrogen) atoms. The van der Waals surface area contributed by atoms with E-state index in [9.17, 15) is 4.39 Å². The SMILES string of the molecule is CC1(C)c2ccccc2C=CC1F. The number of halogens is 1. The first kappa shape index (κ1) is 8.49. The largest absolute Gasteiger partial charge is 0.242 e. The van der Waals surface area contributed by atoms with Crippen molar-refractivity contribution in [2.24, 2.45) is 0 Å². The Morgan fingerprint density at radius 2 is 1.92 bits per heavy atom. The summed E-state index contributed by atoms with van der Waals surface area (Å²) in [5.41, 5.74) is 1.86. The van der Waals surface area contributed by atoms with E-state index in [-0.39, 0.29) is 5.41 Å². The van der Waals surface area contributed by atoms with E-state index in [0.717, 1.165) is 11.1 Å². The molecule has 1 unspecified atom stereocenters. The lowest BCUT2D eigenvalue weighted by Crippen LogP contribution is -2.31. The Bertz CT molecular complexity index is 350. The van der Waals surface area contributed by atoms with Crippen molar-refractivity contribution in [1.29, 1.82) is 0 Å². The molecule has 1 heteroatoms. The fourth-order valence-corrected chi connectivity index (χ4v) is 1.81. The van der Waals surface area contributed by atoms with Gasteiger partial charge in [0.15, 0.2) is 0 Å². The fraction of sp³-hybridized carbons (Fsp3) is 0.333. The zero-order valence-electron chi connectivity index (χ0n) is 7.92. The zero-order valence-corrected chi connectivity index (χ0v) is 7.92. The fourth-order valence-electron chi connectivity index (χ4n) is 1.81. The average Bonchev–Trinajstić information content (AvgIpc) is 2.13. The predicted molar refractivity (Wildman–Crippen MR) is 53.4 cm³/mol. The van der Waals surface area contributed by atoms with Crippen LogP contribution in [0.3, 0.4) is 0 Å². The van der Waals surface area contributed by atoms with Crippen LogP contribution in [0.4, 0.5) is 4.39 Å². The summed E-state index contributed by atoms with van der Waals surface area (Å²) in [6.45, 7) is 3.89. The van der Waals surface area contributed by atoms with Crippen LogP contribution in [0.1, 0.15) is 25.0 Å². The minimum atomic E-state index is -0.873. The Hall–Kier alpha value is -1.11. The van der Waals surface area contributed by atoms with Crippen molar-refractivity contribution in [2.75, 3.05) is 0 Å². The van der Waals surface area contributed by atoms with Gasteiger partial charge in [0.1, 0.15) is 6.17 Å². The Labute approximate surface area is 78.1 Å². The second-order valence-electron chi connectivity index (χ2n) is 4.07. The van der Waals surface area contributed by atoms with Crippen molar-refractivity contribution >= 4 is 6.08 Å².